The number of carbonyl (C=O) groups is 1. The number of ether oxygens (including phenoxy) is 2. The summed E-state index contributed by atoms with van der Waals surface area (Å²) in [7, 11) is 3.21. The van der Waals surface area contributed by atoms with Crippen LogP contribution < -0.4 is 14.8 Å². The van der Waals surface area contributed by atoms with E-state index >= 15 is 0 Å². The van der Waals surface area contributed by atoms with Crippen LogP contribution in [0.2, 0.25) is 0 Å². The number of nitrogens with zero attached hydrogens (tertiary/aromatic N) is 1. The van der Waals surface area contributed by atoms with Gasteiger partial charge >= 0.3 is 0 Å². The van der Waals surface area contributed by atoms with E-state index in [1.54, 1.807) is 19.1 Å². The highest BCUT2D eigenvalue weighted by atomic mass is 16.5. The number of anilines is 1. The number of carbonyl (C=O) groups excluding carboxylic acids is 1. The highest BCUT2D eigenvalue weighted by Gasteiger charge is 2.13. The van der Waals surface area contributed by atoms with Crippen LogP contribution in [0.25, 0.3) is 0 Å². The third kappa shape index (κ3) is 4.65. The first-order chi connectivity index (χ1) is 11.7. The fraction of sp³-hybridized carbons (Fsp3) is 0.316. The van der Waals surface area contributed by atoms with E-state index in [4.69, 9.17) is 9.47 Å². The predicted octanol–water partition coefficient (Wildman–Crippen LogP) is 3.16. The summed E-state index contributed by atoms with van der Waals surface area (Å²) in [6, 6.07) is 15.4. The Balaban J connectivity index is 1.99. The molecule has 0 saturated carbocycles. The molecule has 24 heavy (non-hydrogen) atoms. The number of nitrogens with one attached hydrogen (secondary N) is 1. The minimum Gasteiger partial charge on any atom is -0.493 e. The third-order valence-corrected chi connectivity index (χ3v) is 3.77. The first-order valence-electron chi connectivity index (χ1n) is 7.95. The van der Waals surface area contributed by atoms with Crippen molar-refractivity contribution in [2.24, 2.45) is 0 Å². The molecule has 0 aliphatic heterocycles. The van der Waals surface area contributed by atoms with Crippen molar-refractivity contribution in [3.63, 3.8) is 0 Å². The summed E-state index contributed by atoms with van der Waals surface area (Å²) in [5, 5.41) is 3.15. The maximum absolute atomic E-state index is 12.4. The molecule has 0 saturated heterocycles. The van der Waals surface area contributed by atoms with Crippen LogP contribution >= 0.6 is 0 Å². The van der Waals surface area contributed by atoms with E-state index in [1.165, 1.54) is 0 Å². The molecule has 2 aromatic carbocycles. The lowest BCUT2D eigenvalue weighted by molar-refractivity contribution is -0.129. The van der Waals surface area contributed by atoms with Gasteiger partial charge in [-0.05, 0) is 36.8 Å². The molecule has 0 radical (unpaired) electrons. The molecule has 0 unspecified atom stereocenters. The van der Waals surface area contributed by atoms with Gasteiger partial charge in [-0.25, -0.2) is 0 Å². The van der Waals surface area contributed by atoms with E-state index in [0.717, 1.165) is 11.3 Å². The fourth-order valence-electron chi connectivity index (χ4n) is 2.42. The van der Waals surface area contributed by atoms with Crippen molar-refractivity contribution < 1.29 is 14.3 Å². The van der Waals surface area contributed by atoms with Crippen molar-refractivity contribution in [3.8, 4) is 11.5 Å². The van der Waals surface area contributed by atoms with Gasteiger partial charge in [0.1, 0.15) is 0 Å². The largest absolute Gasteiger partial charge is 0.493 e. The summed E-state index contributed by atoms with van der Waals surface area (Å²) in [6.45, 7) is 3.42. The molecule has 0 aliphatic rings. The van der Waals surface area contributed by atoms with E-state index in [-0.39, 0.29) is 12.5 Å². The van der Waals surface area contributed by atoms with Crippen LogP contribution in [0.15, 0.2) is 48.5 Å². The van der Waals surface area contributed by atoms with Crippen LogP contribution in [-0.2, 0) is 11.3 Å². The molecule has 128 valence electrons. The number of hydrogen-bond donors (Lipinski definition) is 1. The number of benzene rings is 2. The second-order valence-corrected chi connectivity index (χ2v) is 5.32. The van der Waals surface area contributed by atoms with Crippen LogP contribution in [0.1, 0.15) is 12.5 Å². The number of methoxy groups -OCH3 is 2. The molecule has 0 fully saturated rings. The lowest BCUT2D eigenvalue weighted by Crippen LogP contribution is -2.34. The van der Waals surface area contributed by atoms with Crippen molar-refractivity contribution in [1.29, 1.82) is 0 Å². The number of likely N-dealkylation sites (N-methyl/N-ethyl adjacent to an activating group) is 1. The van der Waals surface area contributed by atoms with E-state index in [9.17, 15) is 4.79 Å². The van der Waals surface area contributed by atoms with Gasteiger partial charge in [0.15, 0.2) is 11.5 Å². The smallest absolute Gasteiger partial charge is 0.242 e. The molecule has 0 heterocycles. The summed E-state index contributed by atoms with van der Waals surface area (Å²) in [5.41, 5.74) is 1.94. The van der Waals surface area contributed by atoms with E-state index < -0.39 is 0 Å². The Hall–Kier alpha value is -2.69. The maximum Gasteiger partial charge on any atom is 0.242 e. The molecule has 2 rings (SSSR count). The molecule has 0 aliphatic carbocycles. The summed E-state index contributed by atoms with van der Waals surface area (Å²) in [5.74, 6) is 1.40. The van der Waals surface area contributed by atoms with Crippen LogP contribution in [-0.4, -0.2) is 38.1 Å². The summed E-state index contributed by atoms with van der Waals surface area (Å²) in [6.07, 6.45) is 0. The lowest BCUT2D eigenvalue weighted by atomic mass is 10.2. The van der Waals surface area contributed by atoms with Crippen molar-refractivity contribution in [2.45, 2.75) is 13.5 Å². The maximum atomic E-state index is 12.4. The Labute approximate surface area is 143 Å². The number of hydrogen-bond acceptors (Lipinski definition) is 4. The van der Waals surface area contributed by atoms with Crippen LogP contribution in [0, 0.1) is 0 Å². The third-order valence-electron chi connectivity index (χ3n) is 3.77. The second-order valence-electron chi connectivity index (χ2n) is 5.32. The standard InChI is InChI=1S/C19H24N2O3/c1-4-21(19(22)13-20-16-8-6-5-7-9-16)14-15-10-11-17(23-2)18(12-15)24-3/h5-12,20H,4,13-14H2,1-3H3. The lowest BCUT2D eigenvalue weighted by Gasteiger charge is -2.22. The molecular weight excluding hydrogens is 304 g/mol. The molecule has 0 spiro atoms. The highest BCUT2D eigenvalue weighted by Crippen LogP contribution is 2.28. The minimum atomic E-state index is 0.0520. The Morgan fingerprint density at radius 2 is 1.75 bits per heavy atom. The Kier molecular flexibility index (Phi) is 6.49. The van der Waals surface area contributed by atoms with Crippen LogP contribution in [0.3, 0.4) is 0 Å². The number of para-hydroxylation sites is 1. The van der Waals surface area contributed by atoms with Crippen LogP contribution in [0.5, 0.6) is 11.5 Å². The molecule has 1 N–H and O–H groups in total. The fourth-order valence-corrected chi connectivity index (χ4v) is 2.42. The van der Waals surface area contributed by atoms with E-state index in [1.807, 2.05) is 55.5 Å². The zero-order chi connectivity index (χ0) is 17.4. The molecule has 1 amide bonds. The van der Waals surface area contributed by atoms with Gasteiger partial charge in [0.2, 0.25) is 5.91 Å². The van der Waals surface area contributed by atoms with Gasteiger partial charge in [0, 0.05) is 18.8 Å². The van der Waals surface area contributed by atoms with E-state index in [2.05, 4.69) is 5.32 Å². The second kappa shape index (κ2) is 8.82. The molecular formula is C19H24N2O3. The summed E-state index contributed by atoms with van der Waals surface area (Å²) >= 11 is 0. The SMILES string of the molecule is CCN(Cc1ccc(OC)c(OC)c1)C(=O)CNc1ccccc1. The highest BCUT2D eigenvalue weighted by molar-refractivity contribution is 5.80. The zero-order valence-corrected chi connectivity index (χ0v) is 14.4. The first-order valence-corrected chi connectivity index (χ1v) is 7.95. The zero-order valence-electron chi connectivity index (χ0n) is 14.4. The number of rotatable bonds is 8. The van der Waals surface area contributed by atoms with Crippen molar-refractivity contribution >= 4 is 11.6 Å². The van der Waals surface area contributed by atoms with Gasteiger partial charge in [0.05, 0.1) is 20.8 Å². The van der Waals surface area contributed by atoms with Gasteiger partial charge in [-0.15, -0.1) is 0 Å². The molecule has 0 bridgehead atoms. The monoisotopic (exact) mass is 328 g/mol. The van der Waals surface area contributed by atoms with Crippen molar-refractivity contribution in [3.05, 3.63) is 54.1 Å². The molecule has 0 atom stereocenters. The van der Waals surface area contributed by atoms with Crippen LogP contribution in [0.4, 0.5) is 5.69 Å². The quantitative estimate of drug-likeness (QED) is 0.809. The average Bonchev–Trinajstić information content (AvgIpc) is 2.64. The van der Waals surface area contributed by atoms with Gasteiger partial charge in [0.25, 0.3) is 0 Å². The van der Waals surface area contributed by atoms with E-state index in [0.29, 0.717) is 24.6 Å². The predicted molar refractivity (Wildman–Crippen MR) is 95.6 cm³/mol. The van der Waals surface area contributed by atoms with Crippen molar-refractivity contribution in [2.75, 3.05) is 32.6 Å². The first kappa shape index (κ1) is 17.7. The Bertz CT molecular complexity index is 659. The molecule has 5 nitrogen and oxygen atoms in total. The van der Waals surface area contributed by atoms with Gasteiger partial charge in [-0.3, -0.25) is 4.79 Å². The summed E-state index contributed by atoms with van der Waals surface area (Å²) in [4.78, 5) is 14.2. The Morgan fingerprint density at radius 3 is 2.38 bits per heavy atom. The number of amides is 1. The minimum absolute atomic E-state index is 0.0520. The topological polar surface area (TPSA) is 50.8 Å². The normalized spacial score (nSPS) is 10.1. The molecule has 0 aromatic heterocycles. The Morgan fingerprint density at radius 1 is 1.04 bits per heavy atom. The molecule has 2 aromatic rings. The molecule has 5 heteroatoms. The average molecular weight is 328 g/mol. The van der Waals surface area contributed by atoms with Crippen molar-refractivity contribution in [1.82, 2.24) is 4.90 Å². The van der Waals surface area contributed by atoms with Gasteiger partial charge in [-0.1, -0.05) is 24.3 Å². The summed E-state index contributed by atoms with van der Waals surface area (Å²) < 4.78 is 10.6. The van der Waals surface area contributed by atoms with Gasteiger partial charge in [-0.2, -0.15) is 0 Å². The van der Waals surface area contributed by atoms with Gasteiger partial charge < -0.3 is 19.7 Å².